The fraction of sp³-hybridized carbons (Fsp3) is 1.00. The molecule has 0 aliphatic heterocycles. The van der Waals surface area contributed by atoms with E-state index >= 15 is 0 Å². The van der Waals surface area contributed by atoms with Crippen molar-refractivity contribution in [3.05, 3.63) is 0 Å². The van der Waals surface area contributed by atoms with E-state index in [4.69, 9.17) is 9.84 Å². The summed E-state index contributed by atoms with van der Waals surface area (Å²) < 4.78 is 5.46. The average molecular weight is 190 g/mol. The fourth-order valence-electron chi connectivity index (χ4n) is 0.740. The molecule has 0 atom stereocenters. The van der Waals surface area contributed by atoms with Crippen LogP contribution in [-0.2, 0) is 4.74 Å². The number of hydrogen-bond acceptors (Lipinski definition) is 2. The minimum absolute atomic E-state index is 0.772. The van der Waals surface area contributed by atoms with Crippen LogP contribution in [0.3, 0.4) is 0 Å². The lowest BCUT2D eigenvalue weighted by Crippen LogP contribution is -2.02. The summed E-state index contributed by atoms with van der Waals surface area (Å²) in [6.45, 7) is 10.8. The molecule has 0 bridgehead atoms. The van der Waals surface area contributed by atoms with E-state index in [1.54, 1.807) is 0 Å². The highest BCUT2D eigenvalue weighted by molar-refractivity contribution is 4.45. The molecule has 0 rings (SSSR count). The molecule has 2 heteroatoms. The molecular weight excluding hydrogens is 164 g/mol. The Hall–Kier alpha value is -0.0800. The summed E-state index contributed by atoms with van der Waals surface area (Å²) >= 11 is 0. The van der Waals surface area contributed by atoms with E-state index in [1.165, 1.54) is 12.8 Å². The molecule has 0 aromatic carbocycles. The molecule has 82 valence electrons. The molecule has 0 aliphatic rings. The van der Waals surface area contributed by atoms with Gasteiger partial charge in [0.2, 0.25) is 0 Å². The van der Waals surface area contributed by atoms with Gasteiger partial charge in [0.1, 0.15) is 0 Å². The lowest BCUT2D eigenvalue weighted by atomic mass is 10.1. The molecule has 0 radical (unpaired) electrons. The van der Waals surface area contributed by atoms with Gasteiger partial charge in [0.05, 0.1) is 0 Å². The van der Waals surface area contributed by atoms with Crippen LogP contribution in [0.2, 0.25) is 0 Å². The molecule has 0 saturated heterocycles. The minimum atomic E-state index is 0.772. The highest BCUT2D eigenvalue weighted by Gasteiger charge is 1.95. The van der Waals surface area contributed by atoms with E-state index in [9.17, 15) is 0 Å². The Balaban J connectivity index is 0. The fourth-order valence-corrected chi connectivity index (χ4v) is 0.740. The topological polar surface area (TPSA) is 29.5 Å². The van der Waals surface area contributed by atoms with Crippen molar-refractivity contribution < 1.29 is 9.84 Å². The predicted molar refractivity (Wildman–Crippen MR) is 57.9 cm³/mol. The van der Waals surface area contributed by atoms with Gasteiger partial charge in [-0.15, -0.1) is 0 Å². The maximum absolute atomic E-state index is 7.00. The van der Waals surface area contributed by atoms with Crippen LogP contribution in [0.5, 0.6) is 0 Å². The van der Waals surface area contributed by atoms with Crippen LogP contribution >= 0.6 is 0 Å². The summed E-state index contributed by atoms with van der Waals surface area (Å²) in [4.78, 5) is 0. The van der Waals surface area contributed by atoms with E-state index in [-0.39, 0.29) is 0 Å². The van der Waals surface area contributed by atoms with E-state index in [0.717, 1.165) is 32.2 Å². The molecule has 0 amide bonds. The van der Waals surface area contributed by atoms with Gasteiger partial charge < -0.3 is 9.84 Å². The van der Waals surface area contributed by atoms with Gasteiger partial charge in [-0.25, -0.2) is 0 Å². The smallest absolute Gasteiger partial charge is 0.0468 e. The minimum Gasteiger partial charge on any atom is -0.400 e. The van der Waals surface area contributed by atoms with Crippen LogP contribution in [0.15, 0.2) is 0 Å². The van der Waals surface area contributed by atoms with Crippen molar-refractivity contribution in [3.63, 3.8) is 0 Å². The quantitative estimate of drug-likeness (QED) is 0.653. The lowest BCUT2D eigenvalue weighted by molar-refractivity contribution is 0.114. The molecule has 0 saturated carbocycles. The predicted octanol–water partition coefficient (Wildman–Crippen LogP) is 2.70. The maximum Gasteiger partial charge on any atom is 0.0468 e. The molecule has 0 aliphatic carbocycles. The van der Waals surface area contributed by atoms with Gasteiger partial charge in [0.25, 0.3) is 0 Å². The van der Waals surface area contributed by atoms with Crippen molar-refractivity contribution in [1.29, 1.82) is 0 Å². The van der Waals surface area contributed by atoms with Crippen LogP contribution in [0.4, 0.5) is 0 Å². The summed E-state index contributed by atoms with van der Waals surface area (Å²) in [7, 11) is 1.00. The Morgan fingerprint density at radius 2 is 1.15 bits per heavy atom. The van der Waals surface area contributed by atoms with Gasteiger partial charge in [-0.05, 0) is 24.7 Å². The van der Waals surface area contributed by atoms with Crippen molar-refractivity contribution in [3.8, 4) is 0 Å². The largest absolute Gasteiger partial charge is 0.400 e. The summed E-state index contributed by atoms with van der Waals surface area (Å²) in [6, 6.07) is 0. The highest BCUT2D eigenvalue weighted by Crippen LogP contribution is 2.02. The number of aliphatic hydroxyl groups is 1. The molecule has 0 heterocycles. The SMILES string of the molecule is CC(C)CCOCCC(C)C.CO. The summed E-state index contributed by atoms with van der Waals surface area (Å²) in [5.74, 6) is 1.54. The normalized spacial score (nSPS) is 10.2. The van der Waals surface area contributed by atoms with E-state index in [0.29, 0.717) is 0 Å². The van der Waals surface area contributed by atoms with Crippen LogP contribution in [0.1, 0.15) is 40.5 Å². The molecule has 0 spiro atoms. The number of aliphatic hydroxyl groups excluding tert-OH is 1. The van der Waals surface area contributed by atoms with Gasteiger partial charge in [0, 0.05) is 20.3 Å². The third-order valence-corrected chi connectivity index (χ3v) is 1.68. The van der Waals surface area contributed by atoms with Gasteiger partial charge >= 0.3 is 0 Å². The van der Waals surface area contributed by atoms with Crippen LogP contribution in [0, 0.1) is 11.8 Å². The average Bonchev–Trinajstić information content (AvgIpc) is 2.06. The Morgan fingerprint density at radius 3 is 1.38 bits per heavy atom. The van der Waals surface area contributed by atoms with E-state index in [1.807, 2.05) is 0 Å². The Kier molecular flexibility index (Phi) is 14.1. The summed E-state index contributed by atoms with van der Waals surface area (Å²) in [6.07, 6.45) is 2.39. The van der Waals surface area contributed by atoms with Crippen molar-refractivity contribution in [2.75, 3.05) is 20.3 Å². The number of hydrogen-bond donors (Lipinski definition) is 1. The zero-order chi connectivity index (χ0) is 10.7. The lowest BCUT2D eigenvalue weighted by Gasteiger charge is -2.07. The van der Waals surface area contributed by atoms with Gasteiger partial charge in [0.15, 0.2) is 0 Å². The Morgan fingerprint density at radius 1 is 0.846 bits per heavy atom. The first-order valence-electron chi connectivity index (χ1n) is 5.15. The van der Waals surface area contributed by atoms with Gasteiger partial charge in [-0.2, -0.15) is 0 Å². The second kappa shape index (κ2) is 11.9. The molecule has 1 N–H and O–H groups in total. The monoisotopic (exact) mass is 190 g/mol. The summed E-state index contributed by atoms with van der Waals surface area (Å²) in [5, 5.41) is 7.00. The number of rotatable bonds is 6. The van der Waals surface area contributed by atoms with Crippen LogP contribution in [-0.4, -0.2) is 25.4 Å². The van der Waals surface area contributed by atoms with E-state index < -0.39 is 0 Å². The maximum atomic E-state index is 7.00. The highest BCUT2D eigenvalue weighted by atomic mass is 16.5. The first-order chi connectivity index (χ1) is 6.13. The third kappa shape index (κ3) is 18.7. The third-order valence-electron chi connectivity index (χ3n) is 1.68. The molecule has 2 nitrogen and oxygen atoms in total. The first-order valence-corrected chi connectivity index (χ1v) is 5.15. The molecule has 0 fully saturated rings. The zero-order valence-electron chi connectivity index (χ0n) is 9.84. The standard InChI is InChI=1S/C10H22O.CH4O/c1-9(2)5-7-11-8-6-10(3)4;1-2/h9-10H,5-8H2,1-4H3;2H,1H3. The summed E-state index contributed by atoms with van der Waals surface area (Å²) in [5.41, 5.74) is 0. The van der Waals surface area contributed by atoms with Crippen molar-refractivity contribution in [1.82, 2.24) is 0 Å². The van der Waals surface area contributed by atoms with E-state index in [2.05, 4.69) is 27.7 Å². The molecule has 0 aromatic heterocycles. The van der Waals surface area contributed by atoms with Crippen LogP contribution in [0.25, 0.3) is 0 Å². The first kappa shape index (κ1) is 15.4. The molecule has 0 aromatic rings. The zero-order valence-corrected chi connectivity index (χ0v) is 9.84. The molecule has 0 unspecified atom stereocenters. The van der Waals surface area contributed by atoms with Crippen molar-refractivity contribution >= 4 is 0 Å². The van der Waals surface area contributed by atoms with Crippen molar-refractivity contribution in [2.24, 2.45) is 11.8 Å². The van der Waals surface area contributed by atoms with Crippen LogP contribution < -0.4 is 0 Å². The Bertz CT molecular complexity index is 70.2. The molecule has 13 heavy (non-hydrogen) atoms. The number of ether oxygens (including phenoxy) is 1. The Labute approximate surface area is 83.3 Å². The second-order valence-electron chi connectivity index (χ2n) is 3.98. The molecular formula is C11H26O2. The van der Waals surface area contributed by atoms with Crippen molar-refractivity contribution in [2.45, 2.75) is 40.5 Å². The second-order valence-corrected chi connectivity index (χ2v) is 3.98. The van der Waals surface area contributed by atoms with Gasteiger partial charge in [-0.1, -0.05) is 27.7 Å². The van der Waals surface area contributed by atoms with Gasteiger partial charge in [-0.3, -0.25) is 0 Å².